The summed E-state index contributed by atoms with van der Waals surface area (Å²) in [7, 11) is 0. The van der Waals surface area contributed by atoms with Crippen molar-refractivity contribution in [3.63, 3.8) is 0 Å². The van der Waals surface area contributed by atoms with Crippen LogP contribution in [0.4, 0.5) is 0 Å². The summed E-state index contributed by atoms with van der Waals surface area (Å²) in [5.41, 5.74) is 5.64. The molecule has 7 rings (SSSR count). The minimum absolute atomic E-state index is 0.0199. The molecule has 7 heteroatoms. The van der Waals surface area contributed by atoms with Crippen molar-refractivity contribution in [2.45, 2.75) is 68.6 Å². The van der Waals surface area contributed by atoms with Crippen molar-refractivity contribution in [3.05, 3.63) is 0 Å². The van der Waals surface area contributed by atoms with E-state index in [4.69, 9.17) is 15.2 Å². The van der Waals surface area contributed by atoms with Crippen LogP contribution in [-0.2, 0) is 19.1 Å². The van der Waals surface area contributed by atoms with Crippen molar-refractivity contribution in [2.24, 2.45) is 29.4 Å². The number of nitrogens with zero attached hydrogens (tertiary/aromatic N) is 1. The van der Waals surface area contributed by atoms with E-state index in [1.807, 2.05) is 0 Å². The van der Waals surface area contributed by atoms with Crippen LogP contribution in [0.25, 0.3) is 0 Å². The van der Waals surface area contributed by atoms with Crippen LogP contribution in [0.3, 0.4) is 0 Å². The zero-order valence-electron chi connectivity index (χ0n) is 14.9. The summed E-state index contributed by atoms with van der Waals surface area (Å²) in [5.74, 6) is 1.41. The summed E-state index contributed by atoms with van der Waals surface area (Å²) in [4.78, 5) is 27.2. The Labute approximate surface area is 152 Å². The fourth-order valence-electron chi connectivity index (χ4n) is 7.11. The molecule has 5 saturated heterocycles. The smallest absolute Gasteiger partial charge is 0.241 e. The summed E-state index contributed by atoms with van der Waals surface area (Å²) in [6, 6.07) is 0.0308. The first-order chi connectivity index (χ1) is 12.5. The zero-order chi connectivity index (χ0) is 17.6. The molecule has 5 aliphatic heterocycles. The Kier molecular flexibility index (Phi) is 3.17. The predicted molar refractivity (Wildman–Crippen MR) is 90.6 cm³/mol. The second-order valence-corrected chi connectivity index (χ2v) is 9.58. The van der Waals surface area contributed by atoms with Crippen molar-refractivity contribution in [1.29, 1.82) is 0 Å². The fraction of sp³-hybridized carbons (Fsp3) is 0.895. The Bertz CT molecular complexity index is 632. The van der Waals surface area contributed by atoms with Gasteiger partial charge in [0, 0.05) is 18.5 Å². The topological polar surface area (TPSA) is 93.9 Å². The number of ether oxygens (including phenoxy) is 2. The highest BCUT2D eigenvalue weighted by Gasteiger charge is 2.60. The molecule has 3 N–H and O–H groups in total. The third-order valence-electron chi connectivity index (χ3n) is 7.76. The maximum Gasteiger partial charge on any atom is 0.241 e. The van der Waals surface area contributed by atoms with Gasteiger partial charge in [0.2, 0.25) is 11.8 Å². The molecule has 142 valence electrons. The van der Waals surface area contributed by atoms with Crippen LogP contribution in [0, 0.1) is 23.7 Å². The highest BCUT2D eigenvalue weighted by Crippen LogP contribution is 2.52. The molecule has 9 atom stereocenters. The van der Waals surface area contributed by atoms with Crippen LogP contribution in [0.15, 0.2) is 0 Å². The zero-order valence-corrected chi connectivity index (χ0v) is 14.9. The second kappa shape index (κ2) is 5.20. The molecule has 0 aromatic carbocycles. The monoisotopic (exact) mass is 361 g/mol. The number of rotatable bonds is 3. The first-order valence-electron chi connectivity index (χ1n) is 10.2. The van der Waals surface area contributed by atoms with E-state index in [2.05, 4.69) is 5.32 Å². The average Bonchev–Trinajstić information content (AvgIpc) is 3.17. The van der Waals surface area contributed by atoms with Gasteiger partial charge in [0.15, 0.2) is 0 Å². The number of hydrogen-bond acceptors (Lipinski definition) is 5. The summed E-state index contributed by atoms with van der Waals surface area (Å²) >= 11 is 0. The number of fused-ring (bicyclic) bond motifs is 5. The summed E-state index contributed by atoms with van der Waals surface area (Å²) < 4.78 is 12.1. The third-order valence-corrected chi connectivity index (χ3v) is 7.76. The molecule has 0 radical (unpaired) electrons. The normalized spacial score (nSPS) is 53.4. The van der Waals surface area contributed by atoms with Crippen LogP contribution in [0.1, 0.15) is 38.5 Å². The maximum absolute atomic E-state index is 12.8. The molecule has 7 nitrogen and oxygen atoms in total. The van der Waals surface area contributed by atoms with Crippen LogP contribution < -0.4 is 11.1 Å². The minimum Gasteiger partial charge on any atom is -0.372 e. The first kappa shape index (κ1) is 15.8. The molecular formula is C19H27N3O4. The van der Waals surface area contributed by atoms with E-state index in [1.54, 1.807) is 4.90 Å². The lowest BCUT2D eigenvalue weighted by Gasteiger charge is -2.56. The quantitative estimate of drug-likeness (QED) is 0.737. The van der Waals surface area contributed by atoms with Crippen LogP contribution >= 0.6 is 0 Å². The van der Waals surface area contributed by atoms with E-state index in [1.165, 1.54) is 6.42 Å². The Morgan fingerprint density at radius 3 is 2.73 bits per heavy atom. The Balaban J connectivity index is 1.13. The van der Waals surface area contributed by atoms with Gasteiger partial charge in [-0.15, -0.1) is 0 Å². The van der Waals surface area contributed by atoms with Crippen molar-refractivity contribution in [1.82, 2.24) is 10.2 Å². The number of hydrogen-bond donors (Lipinski definition) is 2. The number of likely N-dealkylation sites (tertiary alicyclic amines) is 1. The van der Waals surface area contributed by atoms with Crippen LogP contribution in [-0.4, -0.2) is 59.9 Å². The van der Waals surface area contributed by atoms with Gasteiger partial charge < -0.3 is 25.4 Å². The van der Waals surface area contributed by atoms with E-state index in [0.29, 0.717) is 24.5 Å². The van der Waals surface area contributed by atoms with Crippen molar-refractivity contribution in [2.75, 3.05) is 13.1 Å². The molecule has 2 amide bonds. The Morgan fingerprint density at radius 1 is 1.23 bits per heavy atom. The van der Waals surface area contributed by atoms with Gasteiger partial charge in [0.25, 0.3) is 0 Å². The SMILES string of the molecule is NC1CC2OC1C1CN(CC(=O)N[C@@]34C[C@@H]5C[C@@H](C[C@H](C5)O3)C4)C(=O)C21. The van der Waals surface area contributed by atoms with Gasteiger partial charge in [-0.1, -0.05) is 0 Å². The first-order valence-corrected chi connectivity index (χ1v) is 10.2. The number of carbonyl (C=O) groups is 2. The summed E-state index contributed by atoms with van der Waals surface area (Å²) in [6.45, 7) is 0.721. The molecule has 0 aromatic rings. The van der Waals surface area contributed by atoms with Crippen LogP contribution in [0.2, 0.25) is 0 Å². The predicted octanol–water partition coefficient (Wildman–Crippen LogP) is -0.0192. The number of nitrogens with one attached hydrogen (secondary N) is 1. The molecular weight excluding hydrogens is 334 g/mol. The Morgan fingerprint density at radius 2 is 2.00 bits per heavy atom. The van der Waals surface area contributed by atoms with Crippen LogP contribution in [0.5, 0.6) is 0 Å². The maximum atomic E-state index is 12.8. The molecule has 2 aliphatic carbocycles. The van der Waals surface area contributed by atoms with Gasteiger partial charge in [0.1, 0.15) is 5.72 Å². The van der Waals surface area contributed by atoms with E-state index in [-0.39, 0.29) is 48.4 Å². The van der Waals surface area contributed by atoms with Crippen molar-refractivity contribution in [3.8, 4) is 0 Å². The lowest BCUT2D eigenvalue weighted by atomic mass is 9.65. The summed E-state index contributed by atoms with van der Waals surface area (Å²) in [6.07, 6.45) is 6.43. The average molecular weight is 361 g/mol. The van der Waals surface area contributed by atoms with Gasteiger partial charge in [-0.25, -0.2) is 0 Å². The second-order valence-electron chi connectivity index (χ2n) is 9.58. The minimum atomic E-state index is -0.477. The van der Waals surface area contributed by atoms with Gasteiger partial charge in [-0.3, -0.25) is 9.59 Å². The van der Waals surface area contributed by atoms with Gasteiger partial charge >= 0.3 is 0 Å². The van der Waals surface area contributed by atoms with E-state index in [9.17, 15) is 9.59 Å². The molecule has 7 aliphatic rings. The lowest BCUT2D eigenvalue weighted by Crippen LogP contribution is -2.64. The van der Waals surface area contributed by atoms with Gasteiger partial charge in [-0.2, -0.15) is 0 Å². The standard InChI is InChI=1S/C19H27N3O4/c20-13-4-14-16-12(17(13)25-14)7-22(18(16)24)8-15(23)21-19-5-9-1-10(6-19)3-11(2-9)26-19/h9-14,16-17H,1-8,20H2,(H,21,23)/t9-,10+,11+,12?,13?,14?,16?,17?,19+. The number of carbonyl (C=O) groups excluding carboxylic acids is 2. The Hall–Kier alpha value is -1.18. The third kappa shape index (κ3) is 2.17. The van der Waals surface area contributed by atoms with E-state index in [0.717, 1.165) is 32.1 Å². The van der Waals surface area contributed by atoms with E-state index >= 15 is 0 Å². The molecule has 2 saturated carbocycles. The summed E-state index contributed by atoms with van der Waals surface area (Å²) in [5, 5.41) is 3.17. The van der Waals surface area contributed by atoms with E-state index < -0.39 is 5.72 Å². The largest absolute Gasteiger partial charge is 0.372 e. The highest BCUT2D eigenvalue weighted by molar-refractivity contribution is 5.88. The number of amides is 2. The molecule has 5 heterocycles. The van der Waals surface area contributed by atoms with Gasteiger partial charge in [0.05, 0.1) is 30.8 Å². The molecule has 0 aromatic heterocycles. The lowest BCUT2D eigenvalue weighted by molar-refractivity contribution is -0.233. The van der Waals surface area contributed by atoms with Crippen molar-refractivity contribution >= 4 is 11.8 Å². The van der Waals surface area contributed by atoms with Gasteiger partial charge in [-0.05, 0) is 50.4 Å². The highest BCUT2D eigenvalue weighted by atomic mass is 16.5. The fourth-order valence-corrected chi connectivity index (χ4v) is 7.11. The van der Waals surface area contributed by atoms with Crippen molar-refractivity contribution < 1.29 is 19.1 Å². The molecule has 7 fully saturated rings. The molecule has 5 unspecified atom stereocenters. The molecule has 6 bridgehead atoms. The molecule has 26 heavy (non-hydrogen) atoms. The molecule has 0 spiro atoms. The number of nitrogens with two attached hydrogens (primary N) is 1.